The van der Waals surface area contributed by atoms with E-state index in [9.17, 15) is 38.7 Å². The van der Waals surface area contributed by atoms with Crippen LogP contribution in [0.15, 0.2) is 24.3 Å². The fraction of sp³-hybridized carbons (Fsp3) is 0.729. The fourth-order valence-electron chi connectivity index (χ4n) is 11.6. The van der Waals surface area contributed by atoms with Crippen molar-refractivity contribution in [3.8, 4) is 5.75 Å². The van der Waals surface area contributed by atoms with E-state index in [-0.39, 0.29) is 68.3 Å². The van der Waals surface area contributed by atoms with Gasteiger partial charge in [-0.05, 0) is 100 Å². The number of carbonyl (C=O) groups is 10. The third-order valence-corrected chi connectivity index (χ3v) is 16.5. The summed E-state index contributed by atoms with van der Waals surface area (Å²) < 4.78 is 17.3. The predicted molar refractivity (Wildman–Crippen MR) is 296 cm³/mol. The summed E-state index contributed by atoms with van der Waals surface area (Å²) in [6.07, 6.45) is -2.78. The molecule has 0 aromatic heterocycles. The van der Waals surface area contributed by atoms with Crippen LogP contribution in [0.2, 0.25) is 0 Å². The Hall–Kier alpha value is -6.12. The summed E-state index contributed by atoms with van der Waals surface area (Å²) in [6.45, 7) is 21.3. The van der Waals surface area contributed by atoms with Gasteiger partial charge in [0.05, 0.1) is 31.6 Å². The molecular weight excluding hydrogens is 1030 g/mol. The number of amides is 7. The van der Waals surface area contributed by atoms with Crippen molar-refractivity contribution in [2.45, 2.75) is 207 Å². The number of nitrogens with one attached hydrogen (secondary N) is 3. The van der Waals surface area contributed by atoms with Gasteiger partial charge in [-0.25, -0.2) is 4.79 Å². The Morgan fingerprint density at radius 1 is 0.838 bits per heavy atom. The molecule has 5 rings (SSSR count). The average molecular weight is 1120 g/mol. The molecule has 2 unspecified atom stereocenters. The summed E-state index contributed by atoms with van der Waals surface area (Å²) in [4.78, 5) is 151. The molecule has 4 aliphatic heterocycles. The van der Waals surface area contributed by atoms with Gasteiger partial charge in [0, 0.05) is 39.0 Å². The van der Waals surface area contributed by atoms with Gasteiger partial charge in [-0.2, -0.15) is 0 Å². The van der Waals surface area contributed by atoms with Crippen molar-refractivity contribution in [3.63, 3.8) is 0 Å². The van der Waals surface area contributed by atoms with Crippen LogP contribution >= 0.6 is 0 Å². The van der Waals surface area contributed by atoms with E-state index in [1.54, 1.807) is 70.7 Å². The van der Waals surface area contributed by atoms with E-state index in [0.29, 0.717) is 50.0 Å². The van der Waals surface area contributed by atoms with Crippen LogP contribution < -0.4 is 20.7 Å². The van der Waals surface area contributed by atoms with Crippen molar-refractivity contribution in [3.05, 3.63) is 29.8 Å². The minimum atomic E-state index is -1.72. The van der Waals surface area contributed by atoms with Crippen molar-refractivity contribution < 1.29 is 67.3 Å². The lowest BCUT2D eigenvalue weighted by atomic mass is 9.91. The molecule has 21 nitrogen and oxygen atoms in total. The Morgan fingerprint density at radius 2 is 1.50 bits per heavy atom. The number of benzene rings is 1. The minimum Gasteiger partial charge on any atom is -0.497 e. The number of esters is 2. The molecule has 1 aromatic carbocycles. The highest BCUT2D eigenvalue weighted by Crippen LogP contribution is 2.41. The second kappa shape index (κ2) is 28.0. The zero-order valence-corrected chi connectivity index (χ0v) is 49.7. The number of hydrogen-bond donors (Lipinski definition) is 4. The lowest BCUT2D eigenvalue weighted by Crippen LogP contribution is -2.62. The van der Waals surface area contributed by atoms with Gasteiger partial charge >= 0.3 is 11.9 Å². The number of fused-ring (bicyclic) bond motifs is 1. The van der Waals surface area contributed by atoms with Crippen LogP contribution in [0.3, 0.4) is 0 Å². The largest absolute Gasteiger partial charge is 0.497 e. The molecule has 4 heterocycles. The maximum atomic E-state index is 15.1. The normalized spacial score (nSPS) is 29.1. The summed E-state index contributed by atoms with van der Waals surface area (Å²) >= 11 is 0. The van der Waals surface area contributed by atoms with Crippen LogP contribution in [0, 0.1) is 35.5 Å². The van der Waals surface area contributed by atoms with Crippen LogP contribution in [0.25, 0.3) is 0 Å². The van der Waals surface area contributed by atoms with Crippen LogP contribution in [0.1, 0.15) is 146 Å². The highest BCUT2D eigenvalue weighted by Gasteiger charge is 2.57. The Morgan fingerprint density at radius 3 is 2.09 bits per heavy atom. The molecule has 4 aliphatic rings. The van der Waals surface area contributed by atoms with Crippen LogP contribution in [0.4, 0.5) is 0 Å². The molecule has 0 radical (unpaired) electrons. The number of aliphatic hydroxyl groups is 1. The van der Waals surface area contributed by atoms with Gasteiger partial charge in [0.2, 0.25) is 41.4 Å². The summed E-state index contributed by atoms with van der Waals surface area (Å²) in [7, 11) is 2.92. The smallest absolute Gasteiger partial charge is 0.329 e. The Labute approximate surface area is 472 Å². The highest BCUT2D eigenvalue weighted by molar-refractivity contribution is 6.05. The van der Waals surface area contributed by atoms with Crippen molar-refractivity contribution in [1.82, 2.24) is 35.6 Å². The molecule has 4 fully saturated rings. The van der Waals surface area contributed by atoms with Crippen LogP contribution in [-0.2, 0) is 63.8 Å². The molecule has 4 saturated heterocycles. The summed E-state index contributed by atoms with van der Waals surface area (Å²) in [5.74, 6) is -9.59. The van der Waals surface area contributed by atoms with E-state index in [2.05, 4.69) is 16.0 Å². The maximum Gasteiger partial charge on any atom is 0.329 e. The van der Waals surface area contributed by atoms with Crippen molar-refractivity contribution in [2.24, 2.45) is 35.5 Å². The highest BCUT2D eigenvalue weighted by atomic mass is 16.6. The number of ketones is 1. The lowest BCUT2D eigenvalue weighted by molar-refractivity contribution is -0.163. The molecule has 0 saturated carbocycles. The van der Waals surface area contributed by atoms with Gasteiger partial charge in [0.25, 0.3) is 0 Å². The number of nitrogens with zero attached hydrogens (tertiary/aromatic N) is 4. The number of likely N-dealkylation sites (N-methyl/N-ethyl adjacent to an activating group) is 1. The molecular formula is C59H91N7O14. The number of Topliss-reactive ketones (excluding diaryl/α,β-unsaturated/α-hetero) is 1. The monoisotopic (exact) mass is 1120 g/mol. The van der Waals surface area contributed by atoms with Crippen molar-refractivity contribution in [1.29, 1.82) is 0 Å². The van der Waals surface area contributed by atoms with Crippen molar-refractivity contribution in [2.75, 3.05) is 33.8 Å². The second-order valence-electron chi connectivity index (χ2n) is 24.2. The van der Waals surface area contributed by atoms with Gasteiger partial charge in [-0.1, -0.05) is 87.8 Å². The number of carbonyl (C=O) groups excluding carboxylic acids is 10. The fourth-order valence-corrected chi connectivity index (χ4v) is 11.6. The SMILES string of the molecule is CC[C@H](C)[C@H]1NC(=O)[C@@H](NC(=O)C(CC(C)C)N2CCC3(CCCN3C(=O)C(C)C)C2=O)[C@H](C)OC(=O)[C@H](Cc2ccc(OC)cc2)N(C)C(=O)[C@@H]2CCCN2C(=O)[C@@H](CC(C)C)NC(=O)[C@@H](C)C(=O)[C@@H](C(C)C)OC(=O)C[C@H]1O. The van der Waals surface area contributed by atoms with E-state index in [1.165, 1.54) is 42.7 Å². The third kappa shape index (κ3) is 15.1. The first-order chi connectivity index (χ1) is 37.6. The zero-order chi connectivity index (χ0) is 59.7. The molecule has 1 aromatic rings. The Bertz CT molecular complexity index is 2410. The van der Waals surface area contributed by atoms with Gasteiger partial charge in [-0.15, -0.1) is 0 Å². The van der Waals surface area contributed by atoms with E-state index in [4.69, 9.17) is 14.2 Å². The number of cyclic esters (lactones) is 2. The molecule has 4 N–H and O–H groups in total. The molecule has 1 spiro atoms. The second-order valence-corrected chi connectivity index (χ2v) is 24.2. The lowest BCUT2D eigenvalue weighted by Gasteiger charge is -2.37. The van der Waals surface area contributed by atoms with Crippen molar-refractivity contribution >= 4 is 59.1 Å². The Balaban J connectivity index is 1.62. The number of methoxy groups -OCH3 is 1. The predicted octanol–water partition coefficient (Wildman–Crippen LogP) is 3.74. The standard InChI is InChI=1S/C59H91N7O14/c1-15-36(10)47-45(67)31-46(68)80-50(34(6)7)49(69)37(11)51(70)60-41(28-32(2)3)55(74)64-25-16-18-42(64)56(75)63(13)44(30-39-19-21-40(78-14)22-20-39)57(76)79-38(12)48(53(72)61-47)62-52(71)43(29-33(4)5)65-27-24-59(58(65)77)23-17-26-66(59)54(73)35(8)9/h19-22,32-38,41-45,47-48,50,67H,15-18,23-31H2,1-14H3,(H,60,70)(H,61,72)(H,62,71)/t36-,37-,38-,41+,42-,43?,44-,45+,47+,48-,50+,59?/m0/s1. The number of ether oxygens (including phenoxy) is 3. The van der Waals surface area contributed by atoms with E-state index in [1.807, 2.05) is 27.7 Å². The summed E-state index contributed by atoms with van der Waals surface area (Å²) in [6, 6.07) is -0.900. The van der Waals surface area contributed by atoms with E-state index < -0.39 is 132 Å². The molecule has 0 bridgehead atoms. The minimum absolute atomic E-state index is 0.110. The van der Waals surface area contributed by atoms with Crippen LogP contribution in [-0.4, -0.2) is 178 Å². The van der Waals surface area contributed by atoms with Gasteiger partial charge < -0.3 is 54.9 Å². The van der Waals surface area contributed by atoms with E-state index in [0.717, 1.165) is 0 Å². The zero-order valence-electron chi connectivity index (χ0n) is 49.7. The Kier molecular flexibility index (Phi) is 22.7. The maximum absolute atomic E-state index is 15.1. The summed E-state index contributed by atoms with van der Waals surface area (Å²) in [5, 5.41) is 20.3. The number of hydrogen-bond acceptors (Lipinski definition) is 14. The quantitative estimate of drug-likeness (QED) is 0.153. The first-order valence-electron chi connectivity index (χ1n) is 28.9. The van der Waals surface area contributed by atoms with Gasteiger partial charge in [0.1, 0.15) is 47.6 Å². The number of likely N-dealkylation sites (tertiary alicyclic amines) is 2. The van der Waals surface area contributed by atoms with E-state index >= 15 is 14.4 Å². The molecule has 7 amide bonds. The van der Waals surface area contributed by atoms with Gasteiger partial charge in [-0.3, -0.25) is 43.2 Å². The first kappa shape index (κ1) is 64.7. The van der Waals surface area contributed by atoms with Gasteiger partial charge in [0.15, 0.2) is 11.9 Å². The molecule has 0 aliphatic carbocycles. The summed E-state index contributed by atoms with van der Waals surface area (Å²) in [5.41, 5.74) is -0.546. The number of rotatable bonds is 14. The topological polar surface area (TPSA) is 268 Å². The third-order valence-electron chi connectivity index (χ3n) is 16.5. The molecule has 80 heavy (non-hydrogen) atoms. The average Bonchev–Trinajstić information content (AvgIpc) is 4.16. The van der Waals surface area contributed by atoms with Crippen LogP contribution in [0.5, 0.6) is 5.75 Å². The molecule has 446 valence electrons. The number of aliphatic hydroxyl groups excluding tert-OH is 1. The first-order valence-corrected chi connectivity index (χ1v) is 28.9. The molecule has 21 heteroatoms. The molecule has 12 atom stereocenters.